The molecule has 4 nitrogen and oxygen atoms in total. The smallest absolute Gasteiger partial charge is 0.326 e. The second-order valence-electron chi connectivity index (χ2n) is 6.86. The zero-order valence-corrected chi connectivity index (χ0v) is 16.7. The summed E-state index contributed by atoms with van der Waals surface area (Å²) in [7, 11) is 0. The third-order valence-corrected chi connectivity index (χ3v) is 4.86. The van der Waals surface area contributed by atoms with E-state index in [4.69, 9.17) is 11.6 Å². The van der Waals surface area contributed by atoms with Gasteiger partial charge in [0.25, 0.3) is 0 Å². The Morgan fingerprint density at radius 1 is 1.00 bits per heavy atom. The van der Waals surface area contributed by atoms with Crippen LogP contribution in [-0.2, 0) is 17.4 Å². The highest BCUT2D eigenvalue weighted by atomic mass is 35.5. The second kappa shape index (κ2) is 8.35. The van der Waals surface area contributed by atoms with Crippen molar-refractivity contribution >= 4 is 34.1 Å². The Labute approximate surface area is 180 Å². The number of fused-ring (bicyclic) bond motifs is 1. The van der Waals surface area contributed by atoms with Crippen LogP contribution in [0.5, 0.6) is 0 Å². The van der Waals surface area contributed by atoms with Gasteiger partial charge in [-0.15, -0.1) is 0 Å². The standard InChI is InChI=1S/C23H15ClF3N3O/c24-20-13-18(9-10-28-20)29-21(31)12-16-5-1-3-14-7-8-19(30-22(14)16)15-4-2-6-17(11-15)23(25,26)27/h1-11,13H,12H2,(H,28,29,31). The van der Waals surface area contributed by atoms with E-state index >= 15 is 0 Å². The molecule has 0 spiro atoms. The van der Waals surface area contributed by atoms with Crippen LogP contribution < -0.4 is 5.32 Å². The number of rotatable bonds is 4. The van der Waals surface area contributed by atoms with Crippen LogP contribution in [0.15, 0.2) is 72.9 Å². The number of hydrogen-bond donors (Lipinski definition) is 1. The first-order valence-corrected chi connectivity index (χ1v) is 9.65. The zero-order valence-electron chi connectivity index (χ0n) is 15.9. The number of nitrogens with zero attached hydrogens (tertiary/aromatic N) is 2. The largest absolute Gasteiger partial charge is 0.416 e. The Bertz CT molecular complexity index is 1270. The van der Waals surface area contributed by atoms with Crippen LogP contribution in [0, 0.1) is 0 Å². The highest BCUT2D eigenvalue weighted by Gasteiger charge is 2.30. The molecule has 8 heteroatoms. The highest BCUT2D eigenvalue weighted by molar-refractivity contribution is 6.29. The number of hydrogen-bond acceptors (Lipinski definition) is 3. The van der Waals surface area contributed by atoms with E-state index in [0.717, 1.165) is 17.5 Å². The van der Waals surface area contributed by atoms with E-state index < -0.39 is 11.7 Å². The molecule has 1 amide bonds. The van der Waals surface area contributed by atoms with Crippen molar-refractivity contribution in [2.24, 2.45) is 0 Å². The number of halogens is 4. The molecule has 0 atom stereocenters. The molecule has 156 valence electrons. The third kappa shape index (κ3) is 4.83. The van der Waals surface area contributed by atoms with E-state index in [2.05, 4.69) is 15.3 Å². The van der Waals surface area contributed by atoms with E-state index in [9.17, 15) is 18.0 Å². The number of nitrogens with one attached hydrogen (secondary N) is 1. The minimum atomic E-state index is -4.44. The number of pyridine rings is 2. The van der Waals surface area contributed by atoms with Crippen molar-refractivity contribution in [2.45, 2.75) is 12.6 Å². The summed E-state index contributed by atoms with van der Waals surface area (Å²) >= 11 is 5.84. The van der Waals surface area contributed by atoms with Crippen molar-refractivity contribution in [2.75, 3.05) is 5.32 Å². The molecule has 4 rings (SSSR count). The van der Waals surface area contributed by atoms with Gasteiger partial charge in [0.15, 0.2) is 0 Å². The minimum Gasteiger partial charge on any atom is -0.326 e. The van der Waals surface area contributed by atoms with Crippen LogP contribution in [0.4, 0.5) is 18.9 Å². The van der Waals surface area contributed by atoms with Gasteiger partial charge in [0.05, 0.1) is 23.2 Å². The van der Waals surface area contributed by atoms with Gasteiger partial charge in [-0.05, 0) is 35.9 Å². The van der Waals surface area contributed by atoms with Gasteiger partial charge >= 0.3 is 6.18 Å². The van der Waals surface area contributed by atoms with Gasteiger partial charge in [-0.25, -0.2) is 9.97 Å². The quantitative estimate of drug-likeness (QED) is 0.386. The first-order valence-electron chi connectivity index (χ1n) is 9.27. The summed E-state index contributed by atoms with van der Waals surface area (Å²) in [4.78, 5) is 20.9. The van der Waals surface area contributed by atoms with E-state index in [-0.39, 0.29) is 17.5 Å². The second-order valence-corrected chi connectivity index (χ2v) is 7.24. The molecule has 0 unspecified atom stereocenters. The number of benzene rings is 2. The van der Waals surface area contributed by atoms with Crippen molar-refractivity contribution in [3.63, 3.8) is 0 Å². The van der Waals surface area contributed by atoms with Crippen LogP contribution in [0.3, 0.4) is 0 Å². The fourth-order valence-corrected chi connectivity index (χ4v) is 3.40. The lowest BCUT2D eigenvalue weighted by Gasteiger charge is -2.11. The lowest BCUT2D eigenvalue weighted by molar-refractivity contribution is -0.137. The molecule has 0 bridgehead atoms. The van der Waals surface area contributed by atoms with Gasteiger partial charge in [0, 0.05) is 22.8 Å². The molecule has 31 heavy (non-hydrogen) atoms. The maximum absolute atomic E-state index is 13.1. The van der Waals surface area contributed by atoms with E-state index in [1.165, 1.54) is 18.3 Å². The maximum Gasteiger partial charge on any atom is 0.416 e. The van der Waals surface area contributed by atoms with Crippen molar-refractivity contribution in [1.82, 2.24) is 9.97 Å². The summed E-state index contributed by atoms with van der Waals surface area (Å²) in [6, 6.07) is 17.0. The number of carbonyl (C=O) groups is 1. The Morgan fingerprint density at radius 2 is 1.81 bits per heavy atom. The Balaban J connectivity index is 1.66. The fraction of sp³-hybridized carbons (Fsp3) is 0.0870. The zero-order chi connectivity index (χ0) is 22.0. The summed E-state index contributed by atoms with van der Waals surface area (Å²) in [6.45, 7) is 0. The van der Waals surface area contributed by atoms with Crippen LogP contribution in [-0.4, -0.2) is 15.9 Å². The van der Waals surface area contributed by atoms with Gasteiger partial charge in [-0.2, -0.15) is 13.2 Å². The van der Waals surface area contributed by atoms with Crippen molar-refractivity contribution in [3.05, 3.63) is 89.2 Å². The van der Waals surface area contributed by atoms with Crippen LogP contribution in [0.1, 0.15) is 11.1 Å². The molecule has 0 saturated heterocycles. The molecule has 1 N–H and O–H groups in total. The van der Waals surface area contributed by atoms with Gasteiger partial charge in [0.2, 0.25) is 5.91 Å². The third-order valence-electron chi connectivity index (χ3n) is 4.65. The predicted molar refractivity (Wildman–Crippen MR) is 114 cm³/mol. The molecule has 0 aliphatic carbocycles. The summed E-state index contributed by atoms with van der Waals surface area (Å²) in [5.41, 5.74) is 1.73. The summed E-state index contributed by atoms with van der Waals surface area (Å²) in [6.07, 6.45) is -2.92. The normalized spacial score (nSPS) is 11.5. The summed E-state index contributed by atoms with van der Waals surface area (Å²) in [5.74, 6) is -0.277. The fourth-order valence-electron chi connectivity index (χ4n) is 3.23. The number of amides is 1. The molecule has 4 aromatic rings. The summed E-state index contributed by atoms with van der Waals surface area (Å²) in [5, 5.41) is 3.79. The van der Waals surface area contributed by atoms with Crippen molar-refractivity contribution in [1.29, 1.82) is 0 Å². The van der Waals surface area contributed by atoms with Crippen molar-refractivity contribution in [3.8, 4) is 11.3 Å². The van der Waals surface area contributed by atoms with Crippen molar-refractivity contribution < 1.29 is 18.0 Å². The van der Waals surface area contributed by atoms with Gasteiger partial charge in [-0.1, -0.05) is 48.0 Å². The lowest BCUT2D eigenvalue weighted by Crippen LogP contribution is -2.14. The Kier molecular flexibility index (Phi) is 5.61. The Hall–Kier alpha value is -3.45. The average Bonchev–Trinajstić information content (AvgIpc) is 2.73. The maximum atomic E-state index is 13.1. The monoisotopic (exact) mass is 441 g/mol. The molecule has 0 saturated carbocycles. The van der Waals surface area contributed by atoms with Gasteiger partial charge in [0.1, 0.15) is 5.15 Å². The topological polar surface area (TPSA) is 54.9 Å². The number of para-hydroxylation sites is 1. The minimum absolute atomic E-state index is 0.0380. The molecule has 2 aromatic carbocycles. The number of carbonyl (C=O) groups excluding carboxylic acids is 1. The molecule has 0 fully saturated rings. The van der Waals surface area contributed by atoms with E-state index in [1.807, 2.05) is 6.07 Å². The molecule has 2 heterocycles. The highest BCUT2D eigenvalue weighted by Crippen LogP contribution is 2.32. The first kappa shape index (κ1) is 20.8. The number of alkyl halides is 3. The van der Waals surface area contributed by atoms with Crippen LogP contribution >= 0.6 is 11.6 Å². The van der Waals surface area contributed by atoms with Gasteiger partial charge in [-0.3, -0.25) is 4.79 Å². The SMILES string of the molecule is O=C(Cc1cccc2ccc(-c3cccc(C(F)(F)F)c3)nc12)Nc1ccnc(Cl)c1. The van der Waals surface area contributed by atoms with E-state index in [0.29, 0.717) is 28.0 Å². The molecular weight excluding hydrogens is 427 g/mol. The molecule has 0 radical (unpaired) electrons. The first-order chi connectivity index (χ1) is 14.8. The summed E-state index contributed by atoms with van der Waals surface area (Å²) < 4.78 is 39.2. The van der Waals surface area contributed by atoms with Gasteiger partial charge < -0.3 is 5.32 Å². The molecule has 0 aliphatic rings. The average molecular weight is 442 g/mol. The Morgan fingerprint density at radius 3 is 2.58 bits per heavy atom. The van der Waals surface area contributed by atoms with E-state index in [1.54, 1.807) is 36.4 Å². The molecule has 0 aliphatic heterocycles. The van der Waals surface area contributed by atoms with Crippen LogP contribution in [0.25, 0.3) is 22.2 Å². The number of anilines is 1. The predicted octanol–water partition coefficient (Wildman–Crippen LogP) is 6.15. The molecular formula is C23H15ClF3N3O. The molecule has 2 aromatic heterocycles. The number of aromatic nitrogens is 2. The lowest BCUT2D eigenvalue weighted by atomic mass is 10.0. The van der Waals surface area contributed by atoms with Crippen LogP contribution in [0.2, 0.25) is 5.15 Å².